The standard InChI is InChI=1S/C20H28BN3O2/c1-19(2)20(3,4)26-21(25-19)15-10-8-14(9-11-15)16-13-22-18(23-16)17-7-6-12-24(17)5/h8-11,13,17H,6-7,12H2,1-5H3,(H,22,23)/t17-/m0/s1. The number of rotatable bonds is 3. The van der Waals surface area contributed by atoms with Crippen LogP contribution in [0.15, 0.2) is 30.5 Å². The number of hydrogen-bond acceptors (Lipinski definition) is 4. The molecule has 2 aromatic rings. The molecule has 0 spiro atoms. The highest BCUT2D eigenvalue weighted by Crippen LogP contribution is 2.36. The molecule has 2 fully saturated rings. The molecule has 0 saturated carbocycles. The molecule has 5 nitrogen and oxygen atoms in total. The Balaban J connectivity index is 1.51. The van der Waals surface area contributed by atoms with Crippen molar-refractivity contribution in [3.63, 3.8) is 0 Å². The van der Waals surface area contributed by atoms with Crippen molar-refractivity contribution in [3.8, 4) is 11.3 Å². The second kappa shape index (κ2) is 6.22. The van der Waals surface area contributed by atoms with E-state index in [0.717, 1.165) is 29.1 Å². The Morgan fingerprint density at radius 1 is 1.12 bits per heavy atom. The highest BCUT2D eigenvalue weighted by molar-refractivity contribution is 6.62. The van der Waals surface area contributed by atoms with Gasteiger partial charge in [0.15, 0.2) is 0 Å². The molecule has 0 radical (unpaired) electrons. The van der Waals surface area contributed by atoms with Crippen LogP contribution in [0.4, 0.5) is 0 Å². The molecule has 1 N–H and O–H groups in total. The van der Waals surface area contributed by atoms with E-state index < -0.39 is 0 Å². The summed E-state index contributed by atoms with van der Waals surface area (Å²) in [5, 5.41) is 0. The molecular weight excluding hydrogens is 325 g/mol. The lowest BCUT2D eigenvalue weighted by atomic mass is 9.79. The van der Waals surface area contributed by atoms with Crippen molar-refractivity contribution in [2.75, 3.05) is 13.6 Å². The van der Waals surface area contributed by atoms with Crippen LogP contribution in [0.3, 0.4) is 0 Å². The molecule has 1 aromatic carbocycles. The molecule has 2 saturated heterocycles. The van der Waals surface area contributed by atoms with E-state index in [1.54, 1.807) is 0 Å². The molecule has 26 heavy (non-hydrogen) atoms. The summed E-state index contributed by atoms with van der Waals surface area (Å²) in [4.78, 5) is 10.5. The average molecular weight is 353 g/mol. The van der Waals surface area contributed by atoms with E-state index in [9.17, 15) is 0 Å². The molecule has 138 valence electrons. The zero-order chi connectivity index (χ0) is 18.5. The van der Waals surface area contributed by atoms with E-state index in [0.29, 0.717) is 6.04 Å². The quantitative estimate of drug-likeness (QED) is 0.862. The van der Waals surface area contributed by atoms with Gasteiger partial charge in [-0.05, 0) is 65.2 Å². The fourth-order valence-electron chi connectivity index (χ4n) is 3.71. The predicted molar refractivity (Wildman–Crippen MR) is 104 cm³/mol. The van der Waals surface area contributed by atoms with E-state index >= 15 is 0 Å². The molecule has 2 aliphatic heterocycles. The maximum atomic E-state index is 6.13. The third-order valence-electron chi connectivity index (χ3n) is 6.18. The molecule has 0 amide bonds. The molecular formula is C20H28BN3O2. The van der Waals surface area contributed by atoms with Gasteiger partial charge in [-0.2, -0.15) is 0 Å². The largest absolute Gasteiger partial charge is 0.494 e. The van der Waals surface area contributed by atoms with Crippen molar-refractivity contribution in [1.29, 1.82) is 0 Å². The SMILES string of the molecule is CN1CCC[C@H]1c1ncc(-c2ccc(B3OC(C)(C)C(C)(C)O3)cc2)[nH]1. The van der Waals surface area contributed by atoms with Crippen LogP contribution in [-0.4, -0.2) is 46.8 Å². The predicted octanol–water partition coefficient (Wildman–Crippen LogP) is 3.14. The second-order valence-corrected chi connectivity index (χ2v) is 8.53. The molecule has 1 atom stereocenters. The van der Waals surface area contributed by atoms with Gasteiger partial charge in [-0.25, -0.2) is 4.98 Å². The van der Waals surface area contributed by atoms with Crippen molar-refractivity contribution in [2.24, 2.45) is 0 Å². The van der Waals surface area contributed by atoms with Crippen molar-refractivity contribution < 1.29 is 9.31 Å². The number of nitrogens with zero attached hydrogens (tertiary/aromatic N) is 2. The monoisotopic (exact) mass is 353 g/mol. The number of nitrogens with one attached hydrogen (secondary N) is 1. The minimum atomic E-state index is -0.321. The summed E-state index contributed by atoms with van der Waals surface area (Å²) in [6, 6.07) is 8.79. The van der Waals surface area contributed by atoms with Gasteiger partial charge in [-0.15, -0.1) is 0 Å². The van der Waals surface area contributed by atoms with E-state index in [-0.39, 0.29) is 18.3 Å². The molecule has 6 heteroatoms. The normalized spacial score (nSPS) is 25.1. The van der Waals surface area contributed by atoms with E-state index in [1.807, 2.05) is 6.20 Å². The number of imidazole rings is 1. The van der Waals surface area contributed by atoms with Gasteiger partial charge in [0.2, 0.25) is 0 Å². The number of benzene rings is 1. The number of likely N-dealkylation sites (tertiary alicyclic amines) is 1. The first-order valence-corrected chi connectivity index (χ1v) is 9.48. The second-order valence-electron chi connectivity index (χ2n) is 8.53. The first-order chi connectivity index (χ1) is 12.3. The number of aromatic amines is 1. The first-order valence-electron chi connectivity index (χ1n) is 9.48. The number of aromatic nitrogens is 2. The Morgan fingerprint density at radius 3 is 2.35 bits per heavy atom. The summed E-state index contributed by atoms with van der Waals surface area (Å²) in [7, 11) is 1.85. The molecule has 2 aliphatic rings. The van der Waals surface area contributed by atoms with Crippen LogP contribution >= 0.6 is 0 Å². The van der Waals surface area contributed by atoms with Crippen molar-refractivity contribution in [1.82, 2.24) is 14.9 Å². The molecule has 3 heterocycles. The lowest BCUT2D eigenvalue weighted by molar-refractivity contribution is 0.00578. The summed E-state index contributed by atoms with van der Waals surface area (Å²) in [6.45, 7) is 9.45. The van der Waals surface area contributed by atoms with E-state index in [2.05, 4.69) is 73.9 Å². The van der Waals surface area contributed by atoms with E-state index in [1.165, 1.54) is 12.8 Å². The van der Waals surface area contributed by atoms with Crippen LogP contribution in [0.5, 0.6) is 0 Å². The summed E-state index contributed by atoms with van der Waals surface area (Å²) in [6.07, 6.45) is 4.34. The highest BCUT2D eigenvalue weighted by Gasteiger charge is 2.51. The van der Waals surface area contributed by atoms with Crippen molar-refractivity contribution >= 4 is 12.6 Å². The summed E-state index contributed by atoms with van der Waals surface area (Å²) in [5.74, 6) is 1.06. The minimum Gasteiger partial charge on any atom is -0.399 e. The lowest BCUT2D eigenvalue weighted by Gasteiger charge is -2.32. The summed E-state index contributed by atoms with van der Waals surface area (Å²) in [5.41, 5.74) is 2.59. The Bertz CT molecular complexity index is 769. The van der Waals surface area contributed by atoms with Gasteiger partial charge in [0.1, 0.15) is 5.82 Å². The van der Waals surface area contributed by atoms with Gasteiger partial charge < -0.3 is 14.3 Å². The number of H-pyrrole nitrogens is 1. The lowest BCUT2D eigenvalue weighted by Crippen LogP contribution is -2.41. The van der Waals surface area contributed by atoms with Gasteiger partial charge in [0.05, 0.1) is 29.1 Å². The van der Waals surface area contributed by atoms with E-state index in [4.69, 9.17) is 9.31 Å². The Kier molecular flexibility index (Phi) is 4.25. The zero-order valence-electron chi connectivity index (χ0n) is 16.4. The fraction of sp³-hybridized carbons (Fsp3) is 0.550. The highest BCUT2D eigenvalue weighted by atomic mass is 16.7. The summed E-state index contributed by atoms with van der Waals surface area (Å²) >= 11 is 0. The van der Waals surface area contributed by atoms with Gasteiger partial charge >= 0.3 is 7.12 Å². The van der Waals surface area contributed by atoms with Crippen molar-refractivity contribution in [2.45, 2.75) is 57.8 Å². The summed E-state index contributed by atoms with van der Waals surface area (Å²) < 4.78 is 12.3. The van der Waals surface area contributed by atoms with Crippen LogP contribution in [-0.2, 0) is 9.31 Å². The minimum absolute atomic E-state index is 0.318. The van der Waals surface area contributed by atoms with Crippen LogP contribution < -0.4 is 5.46 Å². The van der Waals surface area contributed by atoms with Gasteiger partial charge in [-0.3, -0.25) is 4.90 Å². The van der Waals surface area contributed by atoms with Crippen LogP contribution in [0.1, 0.15) is 52.4 Å². The average Bonchev–Trinajstić information content (AvgIpc) is 3.26. The molecule has 0 aliphatic carbocycles. The smallest absolute Gasteiger partial charge is 0.399 e. The molecule has 0 bridgehead atoms. The molecule has 1 aromatic heterocycles. The maximum Gasteiger partial charge on any atom is 0.494 e. The molecule has 4 rings (SSSR count). The van der Waals surface area contributed by atoms with Crippen molar-refractivity contribution in [3.05, 3.63) is 36.3 Å². The fourth-order valence-corrected chi connectivity index (χ4v) is 3.71. The third kappa shape index (κ3) is 3.00. The van der Waals surface area contributed by atoms with Crippen LogP contribution in [0.2, 0.25) is 0 Å². The molecule has 0 unspecified atom stereocenters. The van der Waals surface area contributed by atoms with Crippen LogP contribution in [0, 0.1) is 0 Å². The van der Waals surface area contributed by atoms with Gasteiger partial charge in [-0.1, -0.05) is 24.3 Å². The maximum absolute atomic E-state index is 6.13. The Morgan fingerprint density at radius 2 is 1.77 bits per heavy atom. The van der Waals surface area contributed by atoms with Gasteiger partial charge in [0, 0.05) is 0 Å². The Hall–Kier alpha value is -1.63. The topological polar surface area (TPSA) is 50.4 Å². The third-order valence-corrected chi connectivity index (χ3v) is 6.18. The van der Waals surface area contributed by atoms with Gasteiger partial charge in [0.25, 0.3) is 0 Å². The number of hydrogen-bond donors (Lipinski definition) is 1. The Labute approximate surface area is 156 Å². The first kappa shape index (κ1) is 17.8. The zero-order valence-corrected chi connectivity index (χ0v) is 16.4. The van der Waals surface area contributed by atoms with Crippen LogP contribution in [0.25, 0.3) is 11.3 Å².